The van der Waals surface area contributed by atoms with Crippen molar-refractivity contribution >= 4 is 45.9 Å². The second-order valence-electron chi connectivity index (χ2n) is 8.16. The van der Waals surface area contributed by atoms with Gasteiger partial charge in [0.05, 0.1) is 38.9 Å². The van der Waals surface area contributed by atoms with Crippen LogP contribution in [0.25, 0.3) is 0 Å². The van der Waals surface area contributed by atoms with Gasteiger partial charge < -0.3 is 24.0 Å². The quantitative estimate of drug-likeness (QED) is 0.555. The van der Waals surface area contributed by atoms with E-state index in [-0.39, 0.29) is 6.42 Å². The lowest BCUT2D eigenvalue weighted by Crippen LogP contribution is -2.71. The minimum absolute atomic E-state index is 0.152. The van der Waals surface area contributed by atoms with Crippen LogP contribution in [0, 0.1) is 16.7 Å². The molecule has 13 heteroatoms. The van der Waals surface area contributed by atoms with Crippen LogP contribution in [0.5, 0.6) is 5.88 Å². The molecule has 0 N–H and O–H groups in total. The van der Waals surface area contributed by atoms with Crippen molar-refractivity contribution in [3.8, 4) is 11.9 Å². The van der Waals surface area contributed by atoms with E-state index in [4.69, 9.17) is 14.2 Å². The number of carbonyl (C=O) groups excluding carboxylic acids is 4. The lowest BCUT2D eigenvalue weighted by atomic mass is 9.80. The normalized spacial score (nSPS) is 30.4. The molecule has 3 rings (SSSR count). The molecular formula is C21H24N4O7S2. The van der Waals surface area contributed by atoms with Crippen molar-refractivity contribution in [3.05, 3.63) is 23.9 Å². The number of carbonyl (C=O) groups is 4. The third-order valence-electron chi connectivity index (χ3n) is 6.16. The van der Waals surface area contributed by atoms with E-state index in [1.165, 1.54) is 39.3 Å². The van der Waals surface area contributed by atoms with Crippen molar-refractivity contribution < 1.29 is 33.4 Å². The van der Waals surface area contributed by atoms with Crippen LogP contribution in [-0.4, -0.2) is 75.3 Å². The van der Waals surface area contributed by atoms with Crippen LogP contribution in [0.4, 0.5) is 9.59 Å². The molecule has 182 valence electrons. The van der Waals surface area contributed by atoms with E-state index >= 15 is 0 Å². The van der Waals surface area contributed by atoms with Gasteiger partial charge in [0.2, 0.25) is 5.88 Å². The van der Waals surface area contributed by atoms with Gasteiger partial charge in [0.15, 0.2) is 9.74 Å². The summed E-state index contributed by atoms with van der Waals surface area (Å²) in [6, 6.07) is 4.49. The molecule has 2 fully saturated rings. The van der Waals surface area contributed by atoms with Crippen LogP contribution in [-0.2, 0) is 19.1 Å². The number of ether oxygens (including phenoxy) is 3. The number of thioether (sulfide) groups is 2. The molecule has 2 saturated heterocycles. The van der Waals surface area contributed by atoms with Gasteiger partial charge in [0, 0.05) is 25.7 Å². The number of hydrogen-bond acceptors (Lipinski definition) is 11. The SMILES string of the molecule is COC(=O)SC12C[C@](C)(C#N)C(c3ccc(OC)nc3)N1C(=O)[C@](C)(SC(=O)OC)N(C)C2=O. The van der Waals surface area contributed by atoms with E-state index in [9.17, 15) is 24.4 Å². The van der Waals surface area contributed by atoms with Crippen LogP contribution in [0.1, 0.15) is 31.9 Å². The van der Waals surface area contributed by atoms with Crippen molar-refractivity contribution in [2.24, 2.45) is 5.41 Å². The Morgan fingerprint density at radius 3 is 2.24 bits per heavy atom. The molecule has 0 saturated carbocycles. The van der Waals surface area contributed by atoms with Crippen molar-refractivity contribution in [3.63, 3.8) is 0 Å². The Balaban J connectivity index is 2.27. The van der Waals surface area contributed by atoms with Crippen molar-refractivity contribution in [2.45, 2.75) is 36.1 Å². The van der Waals surface area contributed by atoms with E-state index in [2.05, 4.69) is 11.1 Å². The Hall–Kier alpha value is -2.98. The molecule has 0 radical (unpaired) electrons. The lowest BCUT2D eigenvalue weighted by molar-refractivity contribution is -0.163. The number of piperazine rings is 1. The van der Waals surface area contributed by atoms with Gasteiger partial charge in [-0.1, -0.05) is 0 Å². The summed E-state index contributed by atoms with van der Waals surface area (Å²) in [7, 11) is 5.15. The molecule has 0 spiro atoms. The predicted octanol–water partition coefficient (Wildman–Crippen LogP) is 2.78. The highest BCUT2D eigenvalue weighted by atomic mass is 32.2. The first-order valence-corrected chi connectivity index (χ1v) is 11.6. The number of fused-ring (bicyclic) bond motifs is 1. The first kappa shape index (κ1) is 25.6. The summed E-state index contributed by atoms with van der Waals surface area (Å²) >= 11 is 1.07. The lowest BCUT2D eigenvalue weighted by Gasteiger charge is -2.52. The maximum Gasteiger partial charge on any atom is 0.369 e. The number of amides is 2. The largest absolute Gasteiger partial charge is 0.481 e. The predicted molar refractivity (Wildman–Crippen MR) is 123 cm³/mol. The summed E-state index contributed by atoms with van der Waals surface area (Å²) in [5, 5.41) is 8.64. The minimum atomic E-state index is -1.77. The summed E-state index contributed by atoms with van der Waals surface area (Å²) < 4.78 is 14.6. The average molecular weight is 509 g/mol. The zero-order valence-corrected chi connectivity index (χ0v) is 21.1. The maximum atomic E-state index is 14.1. The zero-order valence-electron chi connectivity index (χ0n) is 19.5. The average Bonchev–Trinajstić information content (AvgIpc) is 3.11. The highest BCUT2D eigenvalue weighted by molar-refractivity contribution is 8.15. The first-order valence-electron chi connectivity index (χ1n) is 10.0. The summed E-state index contributed by atoms with van der Waals surface area (Å²) in [5.41, 5.74) is -0.821. The Morgan fingerprint density at radius 1 is 1.12 bits per heavy atom. The minimum Gasteiger partial charge on any atom is -0.481 e. The fourth-order valence-electron chi connectivity index (χ4n) is 4.37. The molecule has 4 atom stereocenters. The van der Waals surface area contributed by atoms with Crippen LogP contribution in [0.3, 0.4) is 0 Å². The van der Waals surface area contributed by atoms with Gasteiger partial charge in [0.25, 0.3) is 11.8 Å². The Bertz CT molecular complexity index is 1080. The van der Waals surface area contributed by atoms with Crippen LogP contribution >= 0.6 is 23.5 Å². The van der Waals surface area contributed by atoms with Gasteiger partial charge in [-0.3, -0.25) is 9.59 Å². The summed E-state index contributed by atoms with van der Waals surface area (Å²) in [4.78, 5) is 55.7. The van der Waals surface area contributed by atoms with Gasteiger partial charge in [-0.25, -0.2) is 14.6 Å². The highest BCUT2D eigenvalue weighted by Gasteiger charge is 2.72. The molecule has 3 heterocycles. The van der Waals surface area contributed by atoms with Gasteiger partial charge in [-0.05, 0) is 49.0 Å². The molecule has 0 aromatic carbocycles. The topological polar surface area (TPSA) is 139 Å². The summed E-state index contributed by atoms with van der Waals surface area (Å²) in [6.07, 6.45) is 1.31. The third-order valence-corrected chi connectivity index (χ3v) is 8.53. The van der Waals surface area contributed by atoms with Crippen LogP contribution < -0.4 is 4.74 Å². The summed E-state index contributed by atoms with van der Waals surface area (Å²) in [6.45, 7) is 3.04. The molecule has 2 aliphatic rings. The molecule has 2 unspecified atom stereocenters. The first-order chi connectivity index (χ1) is 15.9. The molecule has 0 bridgehead atoms. The number of nitriles is 1. The number of likely N-dealkylation sites (N-methyl/N-ethyl adjacent to an activating group) is 1. The van der Waals surface area contributed by atoms with Crippen LogP contribution in [0.2, 0.25) is 0 Å². The monoisotopic (exact) mass is 508 g/mol. The van der Waals surface area contributed by atoms with E-state index in [0.717, 1.165) is 12.0 Å². The number of methoxy groups -OCH3 is 3. The number of hydrogen-bond donors (Lipinski definition) is 0. The number of aromatic nitrogens is 1. The van der Waals surface area contributed by atoms with Crippen molar-refractivity contribution in [1.29, 1.82) is 5.26 Å². The molecule has 1 aromatic heterocycles. The Labute approximate surface area is 205 Å². The summed E-state index contributed by atoms with van der Waals surface area (Å²) in [5.74, 6) is -0.935. The van der Waals surface area contributed by atoms with E-state index in [1.807, 2.05) is 0 Å². The number of pyridine rings is 1. The van der Waals surface area contributed by atoms with Crippen molar-refractivity contribution in [1.82, 2.24) is 14.8 Å². The molecule has 0 aliphatic carbocycles. The van der Waals surface area contributed by atoms with Crippen LogP contribution in [0.15, 0.2) is 18.3 Å². The van der Waals surface area contributed by atoms with Crippen molar-refractivity contribution in [2.75, 3.05) is 28.4 Å². The Kier molecular flexibility index (Phi) is 6.78. The number of nitrogens with zero attached hydrogens (tertiary/aromatic N) is 4. The molecule has 2 aliphatic heterocycles. The maximum absolute atomic E-state index is 14.1. The smallest absolute Gasteiger partial charge is 0.369 e. The standard InChI is InChI=1S/C21H24N4O7S2/c1-19(11-22)10-21(34-18(29)32-6)16(27)24(3)20(2,33-17(28)31-5)15(26)25(21)14(19)12-7-8-13(30-4)23-9-12/h7-9,14H,10H2,1-6H3/t14?,19-,20+,21?/m1/s1. The fraction of sp³-hybridized carbons (Fsp3) is 0.524. The molecule has 1 aromatic rings. The second kappa shape index (κ2) is 8.99. The zero-order chi connectivity index (χ0) is 25.5. The van der Waals surface area contributed by atoms with E-state index in [0.29, 0.717) is 35.0 Å². The fourth-order valence-corrected chi connectivity index (χ4v) is 6.43. The van der Waals surface area contributed by atoms with E-state index < -0.39 is 43.6 Å². The second-order valence-corrected chi connectivity index (χ2v) is 10.7. The molecular weight excluding hydrogens is 484 g/mol. The Morgan fingerprint density at radius 2 is 1.74 bits per heavy atom. The van der Waals surface area contributed by atoms with E-state index in [1.54, 1.807) is 19.1 Å². The number of rotatable bonds is 4. The van der Waals surface area contributed by atoms with Gasteiger partial charge in [0.1, 0.15) is 0 Å². The molecule has 34 heavy (non-hydrogen) atoms. The van der Waals surface area contributed by atoms with Gasteiger partial charge >= 0.3 is 10.6 Å². The van der Waals surface area contributed by atoms with Gasteiger partial charge in [-0.15, -0.1) is 0 Å². The molecule has 11 nitrogen and oxygen atoms in total. The highest BCUT2D eigenvalue weighted by Crippen LogP contribution is 2.62. The molecule has 2 amide bonds. The van der Waals surface area contributed by atoms with Gasteiger partial charge in [-0.2, -0.15) is 5.26 Å². The third kappa shape index (κ3) is 3.74.